The van der Waals surface area contributed by atoms with Crippen LogP contribution in [0.1, 0.15) is 20.8 Å². The standard InChI is InChI=1S/C18H29N3O4/c1-6-19-18(20-11-13(2)17(22)24-5)21-12-14(3)25-16-9-7-8-15(10-16)23-4/h7-10,13-14H,6,11-12H2,1-5H3,(H2,19,20,21). The lowest BCUT2D eigenvalue weighted by molar-refractivity contribution is -0.144. The summed E-state index contributed by atoms with van der Waals surface area (Å²) in [5, 5.41) is 6.36. The van der Waals surface area contributed by atoms with Gasteiger partial charge in [0.1, 0.15) is 17.6 Å². The van der Waals surface area contributed by atoms with Gasteiger partial charge in [-0.05, 0) is 26.0 Å². The average molecular weight is 351 g/mol. The van der Waals surface area contributed by atoms with E-state index in [9.17, 15) is 4.79 Å². The summed E-state index contributed by atoms with van der Waals surface area (Å²) in [7, 11) is 3.00. The highest BCUT2D eigenvalue weighted by molar-refractivity contribution is 5.80. The first-order valence-corrected chi connectivity index (χ1v) is 8.40. The van der Waals surface area contributed by atoms with Crippen molar-refractivity contribution in [3.8, 4) is 11.5 Å². The lowest BCUT2D eigenvalue weighted by Crippen LogP contribution is -2.42. The Morgan fingerprint density at radius 3 is 2.56 bits per heavy atom. The van der Waals surface area contributed by atoms with Gasteiger partial charge in [-0.25, -0.2) is 0 Å². The van der Waals surface area contributed by atoms with E-state index in [4.69, 9.17) is 14.2 Å². The number of rotatable bonds is 9. The molecule has 0 amide bonds. The van der Waals surface area contributed by atoms with Crippen LogP contribution in [0.5, 0.6) is 11.5 Å². The van der Waals surface area contributed by atoms with E-state index in [1.807, 2.05) is 38.1 Å². The Hall–Kier alpha value is -2.44. The van der Waals surface area contributed by atoms with Gasteiger partial charge in [-0.1, -0.05) is 13.0 Å². The molecular formula is C18H29N3O4. The van der Waals surface area contributed by atoms with Crippen LogP contribution in [0.2, 0.25) is 0 Å². The number of methoxy groups -OCH3 is 2. The number of carbonyl (C=O) groups excluding carboxylic acids is 1. The summed E-state index contributed by atoms with van der Waals surface area (Å²) in [5.74, 6) is 1.58. The molecule has 2 unspecified atom stereocenters. The molecule has 0 fully saturated rings. The van der Waals surface area contributed by atoms with Crippen molar-refractivity contribution in [1.29, 1.82) is 0 Å². The molecule has 0 aliphatic carbocycles. The van der Waals surface area contributed by atoms with Crippen LogP contribution in [-0.2, 0) is 9.53 Å². The predicted octanol–water partition coefficient (Wildman–Crippen LogP) is 1.83. The number of nitrogens with one attached hydrogen (secondary N) is 2. The molecule has 140 valence electrons. The lowest BCUT2D eigenvalue weighted by Gasteiger charge is -2.18. The molecule has 2 atom stereocenters. The van der Waals surface area contributed by atoms with E-state index >= 15 is 0 Å². The fourth-order valence-electron chi connectivity index (χ4n) is 2.03. The summed E-state index contributed by atoms with van der Waals surface area (Å²) in [4.78, 5) is 15.8. The molecule has 0 saturated heterocycles. The second-order valence-electron chi connectivity index (χ2n) is 5.63. The van der Waals surface area contributed by atoms with Crippen molar-refractivity contribution in [2.24, 2.45) is 10.9 Å². The summed E-state index contributed by atoms with van der Waals surface area (Å²) in [6, 6.07) is 7.48. The summed E-state index contributed by atoms with van der Waals surface area (Å²) in [6.07, 6.45) is -0.0750. The Morgan fingerprint density at radius 1 is 1.20 bits per heavy atom. The van der Waals surface area contributed by atoms with Gasteiger partial charge >= 0.3 is 5.97 Å². The fraction of sp³-hybridized carbons (Fsp3) is 0.556. The Kier molecular flexibility index (Phi) is 9.21. The molecule has 0 spiro atoms. The van der Waals surface area contributed by atoms with Gasteiger partial charge in [-0.2, -0.15) is 0 Å². The van der Waals surface area contributed by atoms with E-state index in [1.165, 1.54) is 7.11 Å². The SMILES string of the molecule is CCNC(=NCC(C)C(=O)OC)NCC(C)Oc1cccc(OC)c1. The quantitative estimate of drug-likeness (QED) is 0.401. The lowest BCUT2D eigenvalue weighted by atomic mass is 10.2. The summed E-state index contributed by atoms with van der Waals surface area (Å²) in [5.41, 5.74) is 0. The van der Waals surface area contributed by atoms with Crippen LogP contribution in [0.25, 0.3) is 0 Å². The number of benzene rings is 1. The van der Waals surface area contributed by atoms with Gasteiger partial charge in [0.15, 0.2) is 5.96 Å². The van der Waals surface area contributed by atoms with E-state index < -0.39 is 0 Å². The van der Waals surface area contributed by atoms with Crippen molar-refractivity contribution in [3.63, 3.8) is 0 Å². The monoisotopic (exact) mass is 351 g/mol. The zero-order chi connectivity index (χ0) is 18.7. The molecule has 25 heavy (non-hydrogen) atoms. The number of hydrogen-bond donors (Lipinski definition) is 2. The maximum atomic E-state index is 11.4. The molecule has 1 aromatic rings. The molecule has 0 heterocycles. The van der Waals surface area contributed by atoms with Gasteiger partial charge in [0, 0.05) is 12.6 Å². The van der Waals surface area contributed by atoms with Crippen molar-refractivity contribution >= 4 is 11.9 Å². The van der Waals surface area contributed by atoms with E-state index in [2.05, 4.69) is 15.6 Å². The van der Waals surface area contributed by atoms with Gasteiger partial charge in [0.2, 0.25) is 0 Å². The first kappa shape index (κ1) is 20.6. The van der Waals surface area contributed by atoms with E-state index in [0.717, 1.165) is 18.0 Å². The molecular weight excluding hydrogens is 322 g/mol. The third kappa shape index (κ3) is 7.78. The normalized spacial score (nSPS) is 13.6. The van der Waals surface area contributed by atoms with Crippen LogP contribution in [-0.4, -0.2) is 51.9 Å². The van der Waals surface area contributed by atoms with Gasteiger partial charge in [0.05, 0.1) is 33.2 Å². The Bertz CT molecular complexity index is 563. The molecule has 7 heteroatoms. The van der Waals surface area contributed by atoms with Gasteiger partial charge < -0.3 is 24.8 Å². The topological polar surface area (TPSA) is 81.2 Å². The third-order valence-electron chi connectivity index (χ3n) is 3.41. The first-order chi connectivity index (χ1) is 12.0. The number of aliphatic imine (C=N–C) groups is 1. The minimum Gasteiger partial charge on any atom is -0.497 e. The van der Waals surface area contributed by atoms with Crippen molar-refractivity contribution in [2.45, 2.75) is 26.9 Å². The van der Waals surface area contributed by atoms with Crippen LogP contribution < -0.4 is 20.1 Å². The molecule has 2 N–H and O–H groups in total. The van der Waals surface area contributed by atoms with Crippen molar-refractivity contribution < 1.29 is 19.0 Å². The average Bonchev–Trinajstić information content (AvgIpc) is 2.63. The maximum absolute atomic E-state index is 11.4. The van der Waals surface area contributed by atoms with Crippen LogP contribution >= 0.6 is 0 Å². The second-order valence-corrected chi connectivity index (χ2v) is 5.63. The van der Waals surface area contributed by atoms with Crippen LogP contribution in [0.15, 0.2) is 29.3 Å². The second kappa shape index (κ2) is 11.2. The molecule has 0 aliphatic rings. The smallest absolute Gasteiger partial charge is 0.310 e. The van der Waals surface area contributed by atoms with Crippen LogP contribution in [0, 0.1) is 5.92 Å². The highest BCUT2D eigenvalue weighted by atomic mass is 16.5. The molecule has 0 radical (unpaired) electrons. The largest absolute Gasteiger partial charge is 0.497 e. The Morgan fingerprint density at radius 2 is 1.92 bits per heavy atom. The summed E-state index contributed by atoms with van der Waals surface area (Å²) >= 11 is 0. The predicted molar refractivity (Wildman–Crippen MR) is 98.2 cm³/mol. The zero-order valence-electron chi connectivity index (χ0n) is 15.7. The molecule has 0 aliphatic heterocycles. The van der Waals surface area contributed by atoms with E-state index in [1.54, 1.807) is 14.0 Å². The number of carbonyl (C=O) groups is 1. The molecule has 7 nitrogen and oxygen atoms in total. The van der Waals surface area contributed by atoms with Crippen molar-refractivity contribution in [1.82, 2.24) is 10.6 Å². The zero-order valence-corrected chi connectivity index (χ0v) is 15.7. The number of guanidine groups is 1. The third-order valence-corrected chi connectivity index (χ3v) is 3.41. The highest BCUT2D eigenvalue weighted by Crippen LogP contribution is 2.19. The number of hydrogen-bond acceptors (Lipinski definition) is 5. The molecule has 1 aromatic carbocycles. The van der Waals surface area contributed by atoms with Crippen LogP contribution in [0.4, 0.5) is 0 Å². The molecule has 0 aromatic heterocycles. The minimum atomic E-state index is -0.286. The van der Waals surface area contributed by atoms with Crippen molar-refractivity contribution in [3.05, 3.63) is 24.3 Å². The molecule has 1 rings (SSSR count). The summed E-state index contributed by atoms with van der Waals surface area (Å²) in [6.45, 7) is 7.38. The fourth-order valence-corrected chi connectivity index (χ4v) is 2.03. The Balaban J connectivity index is 2.53. The van der Waals surface area contributed by atoms with E-state index in [-0.39, 0.29) is 18.0 Å². The van der Waals surface area contributed by atoms with Gasteiger partial charge in [-0.15, -0.1) is 0 Å². The Labute approximate surface area is 149 Å². The number of nitrogens with zero attached hydrogens (tertiary/aromatic N) is 1. The van der Waals surface area contributed by atoms with E-state index in [0.29, 0.717) is 19.0 Å². The minimum absolute atomic E-state index is 0.0750. The van der Waals surface area contributed by atoms with Crippen LogP contribution in [0.3, 0.4) is 0 Å². The molecule has 0 bridgehead atoms. The first-order valence-electron chi connectivity index (χ1n) is 8.40. The summed E-state index contributed by atoms with van der Waals surface area (Å²) < 4.78 is 15.8. The molecule has 0 saturated carbocycles. The number of esters is 1. The number of ether oxygens (including phenoxy) is 3. The van der Waals surface area contributed by atoms with Crippen molar-refractivity contribution in [2.75, 3.05) is 33.9 Å². The highest BCUT2D eigenvalue weighted by Gasteiger charge is 2.13. The van der Waals surface area contributed by atoms with Gasteiger partial charge in [0.25, 0.3) is 0 Å². The van der Waals surface area contributed by atoms with Gasteiger partial charge in [-0.3, -0.25) is 9.79 Å². The maximum Gasteiger partial charge on any atom is 0.310 e.